The van der Waals surface area contributed by atoms with Gasteiger partial charge in [0.1, 0.15) is 11.6 Å². The summed E-state index contributed by atoms with van der Waals surface area (Å²) in [5.74, 6) is 0.491. The van der Waals surface area contributed by atoms with Crippen LogP contribution in [0.15, 0.2) is 60.8 Å². The summed E-state index contributed by atoms with van der Waals surface area (Å²) in [4.78, 5) is 20.5. The van der Waals surface area contributed by atoms with Crippen LogP contribution in [0.3, 0.4) is 0 Å². The monoisotopic (exact) mass is 423 g/mol. The van der Waals surface area contributed by atoms with Crippen LogP contribution in [0.25, 0.3) is 16.5 Å². The second-order valence-electron chi connectivity index (χ2n) is 6.86. The van der Waals surface area contributed by atoms with E-state index in [1.807, 2.05) is 30.3 Å². The summed E-state index contributed by atoms with van der Waals surface area (Å²) in [5, 5.41) is 2.86. The topological polar surface area (TPSA) is 54.5 Å². The molecule has 1 amide bonds. The van der Waals surface area contributed by atoms with Gasteiger partial charge >= 0.3 is 0 Å². The van der Waals surface area contributed by atoms with Gasteiger partial charge in [0.2, 0.25) is 5.91 Å². The van der Waals surface area contributed by atoms with Crippen LogP contribution in [-0.4, -0.2) is 37.2 Å². The smallest absolute Gasteiger partial charge is 0.244 e. The number of halogens is 1. The van der Waals surface area contributed by atoms with Gasteiger partial charge in [-0.25, -0.2) is 9.37 Å². The maximum absolute atomic E-state index is 13.9. The molecule has 1 saturated heterocycles. The molecule has 0 radical (unpaired) electrons. The highest BCUT2D eigenvalue weighted by Gasteiger charge is 2.12. The third-order valence-electron chi connectivity index (χ3n) is 4.78. The molecule has 1 aromatic carbocycles. The first-order valence-electron chi connectivity index (χ1n) is 9.77. The van der Waals surface area contributed by atoms with E-state index in [9.17, 15) is 9.18 Å². The number of amides is 1. The van der Waals surface area contributed by atoms with Gasteiger partial charge in [0.05, 0.1) is 13.2 Å². The fraction of sp³-hybridized carbons (Fsp3) is 0.217. The van der Waals surface area contributed by atoms with Crippen molar-refractivity contribution in [3.63, 3.8) is 0 Å². The first kappa shape index (κ1) is 20.3. The Morgan fingerprint density at radius 2 is 2.00 bits per heavy atom. The lowest BCUT2D eigenvalue weighted by Crippen LogP contribution is -2.36. The van der Waals surface area contributed by atoms with Crippen LogP contribution in [-0.2, 0) is 16.1 Å². The number of benzene rings is 1. The summed E-state index contributed by atoms with van der Waals surface area (Å²) in [7, 11) is 0. The molecule has 1 aliphatic heterocycles. The van der Waals surface area contributed by atoms with E-state index in [0.717, 1.165) is 47.4 Å². The van der Waals surface area contributed by atoms with Crippen molar-refractivity contribution in [3.05, 3.63) is 77.1 Å². The normalized spacial score (nSPS) is 14.2. The summed E-state index contributed by atoms with van der Waals surface area (Å²) >= 11 is 1.44. The summed E-state index contributed by atoms with van der Waals surface area (Å²) in [6.07, 6.45) is 5.02. The Labute approximate surface area is 178 Å². The molecule has 2 aromatic heterocycles. The molecule has 0 unspecified atom stereocenters. The van der Waals surface area contributed by atoms with Crippen molar-refractivity contribution in [2.75, 3.05) is 31.2 Å². The molecule has 5 nitrogen and oxygen atoms in total. The van der Waals surface area contributed by atoms with Crippen LogP contribution in [0.4, 0.5) is 10.2 Å². The summed E-state index contributed by atoms with van der Waals surface area (Å²) in [6.45, 7) is 3.53. The predicted octanol–water partition coefficient (Wildman–Crippen LogP) is 4.12. The minimum atomic E-state index is -0.249. The molecule has 0 saturated carbocycles. The molecule has 0 bridgehead atoms. The zero-order valence-corrected chi connectivity index (χ0v) is 17.2. The second-order valence-corrected chi connectivity index (χ2v) is 7.97. The molecule has 3 aromatic rings. The Hall–Kier alpha value is -3.03. The average molecular weight is 424 g/mol. The number of ether oxygens (including phenoxy) is 1. The van der Waals surface area contributed by atoms with Gasteiger partial charge in [-0.1, -0.05) is 24.3 Å². The molecule has 3 heterocycles. The lowest BCUT2D eigenvalue weighted by molar-refractivity contribution is -0.116. The Morgan fingerprint density at radius 1 is 1.17 bits per heavy atom. The standard InChI is InChI=1S/C23H22FN3O2S/c24-20-4-2-1-3-19(20)21-8-6-18(30-21)7-10-23(28)26-16-17-5-9-22(25-15-17)27-11-13-29-14-12-27/h1-10,15H,11-14,16H2,(H,26,28). The van der Waals surface area contributed by atoms with E-state index in [0.29, 0.717) is 12.1 Å². The van der Waals surface area contributed by atoms with Crippen molar-refractivity contribution in [3.8, 4) is 10.4 Å². The largest absolute Gasteiger partial charge is 0.378 e. The maximum Gasteiger partial charge on any atom is 0.244 e. The summed E-state index contributed by atoms with van der Waals surface area (Å²) in [6, 6.07) is 14.4. The number of anilines is 1. The number of carbonyl (C=O) groups is 1. The lowest BCUT2D eigenvalue weighted by atomic mass is 10.2. The van der Waals surface area contributed by atoms with E-state index >= 15 is 0 Å². The average Bonchev–Trinajstić information content (AvgIpc) is 3.26. The fourth-order valence-corrected chi connectivity index (χ4v) is 4.09. The van der Waals surface area contributed by atoms with Gasteiger partial charge in [0.25, 0.3) is 0 Å². The van der Waals surface area contributed by atoms with E-state index < -0.39 is 0 Å². The van der Waals surface area contributed by atoms with Crippen LogP contribution in [0.1, 0.15) is 10.4 Å². The van der Waals surface area contributed by atoms with Crippen molar-refractivity contribution in [1.29, 1.82) is 0 Å². The van der Waals surface area contributed by atoms with Crippen molar-refractivity contribution < 1.29 is 13.9 Å². The number of nitrogens with zero attached hydrogens (tertiary/aromatic N) is 2. The maximum atomic E-state index is 13.9. The van der Waals surface area contributed by atoms with Crippen LogP contribution >= 0.6 is 11.3 Å². The molecule has 0 atom stereocenters. The van der Waals surface area contributed by atoms with Gasteiger partial charge in [-0.3, -0.25) is 4.79 Å². The number of aromatic nitrogens is 1. The van der Waals surface area contributed by atoms with E-state index in [1.54, 1.807) is 24.4 Å². The zero-order chi connectivity index (χ0) is 20.8. The first-order chi connectivity index (χ1) is 14.7. The highest BCUT2D eigenvalue weighted by Crippen LogP contribution is 2.30. The first-order valence-corrected chi connectivity index (χ1v) is 10.6. The number of carbonyl (C=O) groups excluding carboxylic acids is 1. The third kappa shape index (κ3) is 5.11. The van der Waals surface area contributed by atoms with Crippen LogP contribution in [0.2, 0.25) is 0 Å². The molecule has 1 fully saturated rings. The quantitative estimate of drug-likeness (QED) is 0.606. The number of rotatable bonds is 6. The Bertz CT molecular complexity index is 1030. The predicted molar refractivity (Wildman–Crippen MR) is 118 cm³/mol. The van der Waals surface area contributed by atoms with Gasteiger partial charge in [0.15, 0.2) is 0 Å². The molecule has 7 heteroatoms. The van der Waals surface area contributed by atoms with Gasteiger partial charge in [-0.05, 0) is 35.9 Å². The lowest BCUT2D eigenvalue weighted by Gasteiger charge is -2.27. The Kier molecular flexibility index (Phi) is 6.51. The molecule has 1 aliphatic rings. The molecule has 0 aliphatic carbocycles. The summed E-state index contributed by atoms with van der Waals surface area (Å²) < 4.78 is 19.3. The number of hydrogen-bond acceptors (Lipinski definition) is 5. The number of thiophene rings is 1. The molecular formula is C23H22FN3O2S. The van der Waals surface area contributed by atoms with Crippen molar-refractivity contribution in [2.45, 2.75) is 6.54 Å². The Morgan fingerprint density at radius 3 is 2.77 bits per heavy atom. The van der Waals surface area contributed by atoms with Crippen molar-refractivity contribution in [2.24, 2.45) is 0 Å². The number of morpholine rings is 1. The van der Waals surface area contributed by atoms with Crippen LogP contribution < -0.4 is 10.2 Å². The van der Waals surface area contributed by atoms with E-state index in [-0.39, 0.29) is 11.7 Å². The van der Waals surface area contributed by atoms with Gasteiger partial charge in [-0.15, -0.1) is 11.3 Å². The Balaban J connectivity index is 1.29. The third-order valence-corrected chi connectivity index (χ3v) is 5.86. The minimum absolute atomic E-state index is 0.187. The number of pyridine rings is 1. The molecular weight excluding hydrogens is 401 g/mol. The molecule has 1 N–H and O–H groups in total. The molecule has 4 rings (SSSR count). The van der Waals surface area contributed by atoms with Gasteiger partial charge in [0, 0.05) is 47.2 Å². The number of nitrogens with one attached hydrogen (secondary N) is 1. The van der Waals surface area contributed by atoms with Gasteiger partial charge in [-0.2, -0.15) is 0 Å². The fourth-order valence-electron chi connectivity index (χ4n) is 3.15. The minimum Gasteiger partial charge on any atom is -0.378 e. The SMILES string of the molecule is O=C(C=Cc1ccc(-c2ccccc2F)s1)NCc1ccc(N2CCOCC2)nc1. The highest BCUT2D eigenvalue weighted by atomic mass is 32.1. The summed E-state index contributed by atoms with van der Waals surface area (Å²) in [5.41, 5.74) is 1.51. The molecule has 154 valence electrons. The molecule has 30 heavy (non-hydrogen) atoms. The van der Waals surface area contributed by atoms with E-state index in [2.05, 4.69) is 15.2 Å². The highest BCUT2D eigenvalue weighted by molar-refractivity contribution is 7.16. The zero-order valence-electron chi connectivity index (χ0n) is 16.4. The van der Waals surface area contributed by atoms with Gasteiger partial charge < -0.3 is 15.0 Å². The van der Waals surface area contributed by atoms with Crippen molar-refractivity contribution in [1.82, 2.24) is 10.3 Å². The van der Waals surface area contributed by atoms with Crippen LogP contribution in [0.5, 0.6) is 0 Å². The van der Waals surface area contributed by atoms with E-state index in [1.165, 1.54) is 23.5 Å². The van der Waals surface area contributed by atoms with Crippen molar-refractivity contribution >= 4 is 29.1 Å². The number of hydrogen-bond donors (Lipinski definition) is 1. The van der Waals surface area contributed by atoms with Crippen LogP contribution in [0, 0.1) is 5.82 Å². The molecule has 0 spiro atoms. The van der Waals surface area contributed by atoms with E-state index in [4.69, 9.17) is 4.74 Å². The second kappa shape index (κ2) is 9.65.